The highest BCUT2D eigenvalue weighted by atomic mass is 31.1. The number of amides is 2. The first kappa shape index (κ1) is 17.6. The van der Waals surface area contributed by atoms with Crippen LogP contribution in [0.5, 0.6) is 0 Å². The maximum absolute atomic E-state index is 12.6. The number of nitrogens with zero attached hydrogens (tertiary/aromatic N) is 2. The van der Waals surface area contributed by atoms with Crippen molar-refractivity contribution in [2.24, 2.45) is 0 Å². The molecule has 6 nitrogen and oxygen atoms in total. The van der Waals surface area contributed by atoms with Crippen molar-refractivity contribution >= 4 is 25.0 Å². The lowest BCUT2D eigenvalue weighted by molar-refractivity contribution is -0.163. The lowest BCUT2D eigenvalue weighted by Crippen LogP contribution is -2.44. The lowest BCUT2D eigenvalue weighted by Gasteiger charge is -2.31. The molecule has 0 aliphatic carbocycles. The monoisotopic (exact) mass is 382 g/mol. The van der Waals surface area contributed by atoms with Gasteiger partial charge < -0.3 is 8.83 Å². The van der Waals surface area contributed by atoms with Crippen molar-refractivity contribution in [1.29, 1.82) is 0 Å². The van der Waals surface area contributed by atoms with Gasteiger partial charge in [-0.1, -0.05) is 30.3 Å². The van der Waals surface area contributed by atoms with Crippen LogP contribution in [-0.2, 0) is 9.59 Å². The van der Waals surface area contributed by atoms with E-state index in [1.807, 2.05) is 42.5 Å². The lowest BCUT2D eigenvalue weighted by atomic mass is 10.4. The van der Waals surface area contributed by atoms with Gasteiger partial charge in [0.05, 0.1) is 12.5 Å². The van der Waals surface area contributed by atoms with E-state index in [0.717, 1.165) is 5.30 Å². The van der Waals surface area contributed by atoms with Crippen LogP contribution in [0.25, 0.3) is 0 Å². The van der Waals surface area contributed by atoms with E-state index in [9.17, 15) is 9.59 Å². The number of hydrogen-bond acceptors (Lipinski definition) is 4. The standard InChI is InChI=1S/C20H19N2O4P/c1-14(23)21-19(17-10-6-12-25-17)27(16-8-4-3-5-9-16)20(22(21)15(2)24)18-11-7-13-26-18/h3-13,19-20H,1-2H3. The first-order valence-electron chi connectivity index (χ1n) is 8.59. The predicted molar refractivity (Wildman–Crippen MR) is 101 cm³/mol. The normalized spacial score (nSPS) is 22.2. The second kappa shape index (κ2) is 7.05. The van der Waals surface area contributed by atoms with Gasteiger partial charge in [0.25, 0.3) is 0 Å². The SMILES string of the molecule is CC(=O)N1C(c2ccco2)P(c2ccccc2)C(c2ccco2)N1C(C)=O. The molecule has 2 aromatic heterocycles. The zero-order chi connectivity index (χ0) is 19.0. The Labute approximate surface area is 158 Å². The van der Waals surface area contributed by atoms with E-state index < -0.39 is 19.5 Å². The minimum Gasteiger partial charge on any atom is -0.467 e. The smallest absolute Gasteiger partial charge is 0.239 e. The summed E-state index contributed by atoms with van der Waals surface area (Å²) in [5.41, 5.74) is 0. The summed E-state index contributed by atoms with van der Waals surface area (Å²) in [5, 5.41) is 4.10. The number of carbonyl (C=O) groups excluding carboxylic acids is 2. The molecule has 27 heavy (non-hydrogen) atoms. The van der Waals surface area contributed by atoms with E-state index in [1.54, 1.807) is 24.7 Å². The first-order chi connectivity index (χ1) is 13.1. The Kier molecular flexibility index (Phi) is 4.58. The zero-order valence-corrected chi connectivity index (χ0v) is 15.9. The van der Waals surface area contributed by atoms with E-state index >= 15 is 0 Å². The number of hydrogen-bond donors (Lipinski definition) is 0. The van der Waals surface area contributed by atoms with Crippen LogP contribution in [0.4, 0.5) is 0 Å². The van der Waals surface area contributed by atoms with Crippen molar-refractivity contribution in [2.45, 2.75) is 25.4 Å². The second-order valence-electron chi connectivity index (χ2n) is 6.25. The van der Waals surface area contributed by atoms with Crippen molar-refractivity contribution < 1.29 is 18.4 Å². The second-order valence-corrected chi connectivity index (χ2v) is 8.56. The Hall–Kier alpha value is -2.85. The highest BCUT2D eigenvalue weighted by Crippen LogP contribution is 2.69. The molecule has 3 aromatic rings. The molecule has 7 heteroatoms. The first-order valence-corrected chi connectivity index (χ1v) is 10.1. The Morgan fingerprint density at radius 2 is 1.26 bits per heavy atom. The minimum atomic E-state index is -1.09. The number of hydrazine groups is 1. The van der Waals surface area contributed by atoms with E-state index in [1.165, 1.54) is 23.9 Å². The van der Waals surface area contributed by atoms with E-state index in [2.05, 4.69) is 0 Å². The molecule has 1 aromatic carbocycles. The van der Waals surface area contributed by atoms with E-state index in [0.29, 0.717) is 11.5 Å². The molecule has 0 N–H and O–H groups in total. The zero-order valence-electron chi connectivity index (χ0n) is 15.0. The molecule has 0 spiro atoms. The summed E-state index contributed by atoms with van der Waals surface area (Å²) in [7, 11) is -1.09. The molecule has 1 saturated heterocycles. The maximum Gasteiger partial charge on any atom is 0.239 e. The summed E-state index contributed by atoms with van der Waals surface area (Å²) in [6, 6.07) is 17.2. The summed E-state index contributed by atoms with van der Waals surface area (Å²) in [4.78, 5) is 25.3. The summed E-state index contributed by atoms with van der Waals surface area (Å²) >= 11 is 0. The van der Waals surface area contributed by atoms with Crippen LogP contribution in [0, 0.1) is 0 Å². The molecule has 2 unspecified atom stereocenters. The largest absolute Gasteiger partial charge is 0.467 e. The highest BCUT2D eigenvalue weighted by Gasteiger charge is 2.54. The fourth-order valence-electron chi connectivity index (χ4n) is 3.53. The topological polar surface area (TPSA) is 66.9 Å². The number of rotatable bonds is 3. The van der Waals surface area contributed by atoms with Gasteiger partial charge in [0.1, 0.15) is 23.1 Å². The number of furan rings is 2. The van der Waals surface area contributed by atoms with Gasteiger partial charge >= 0.3 is 0 Å². The molecule has 0 bridgehead atoms. The molecular weight excluding hydrogens is 363 g/mol. The van der Waals surface area contributed by atoms with Crippen LogP contribution in [0.2, 0.25) is 0 Å². The summed E-state index contributed by atoms with van der Waals surface area (Å²) in [6.07, 6.45) is 3.18. The minimum absolute atomic E-state index is 0.218. The Morgan fingerprint density at radius 3 is 1.63 bits per heavy atom. The van der Waals surface area contributed by atoms with E-state index in [-0.39, 0.29) is 11.8 Å². The molecule has 0 saturated carbocycles. The van der Waals surface area contributed by atoms with Gasteiger partial charge in [-0.2, -0.15) is 0 Å². The van der Waals surface area contributed by atoms with Crippen molar-refractivity contribution in [3.05, 3.63) is 78.6 Å². The maximum atomic E-state index is 12.6. The van der Waals surface area contributed by atoms with Crippen molar-refractivity contribution in [1.82, 2.24) is 10.0 Å². The average Bonchev–Trinajstić information content (AvgIpc) is 3.39. The third-order valence-electron chi connectivity index (χ3n) is 4.52. The molecule has 2 amide bonds. The molecule has 0 radical (unpaired) electrons. The molecule has 1 aliphatic rings. The predicted octanol–water partition coefficient (Wildman–Crippen LogP) is 4.00. The van der Waals surface area contributed by atoms with Gasteiger partial charge in [0.2, 0.25) is 11.8 Å². The van der Waals surface area contributed by atoms with Crippen LogP contribution in [-0.4, -0.2) is 21.8 Å². The fraction of sp³-hybridized carbons (Fsp3) is 0.200. The quantitative estimate of drug-likeness (QED) is 0.642. The summed E-state index contributed by atoms with van der Waals surface area (Å²) in [5.74, 6) is 0.0805. The molecule has 4 rings (SSSR count). The van der Waals surface area contributed by atoms with Gasteiger partial charge in [-0.15, -0.1) is 0 Å². The third-order valence-corrected chi connectivity index (χ3v) is 7.41. The van der Waals surface area contributed by atoms with Crippen LogP contribution in [0.3, 0.4) is 0 Å². The Morgan fingerprint density at radius 1 is 0.778 bits per heavy atom. The number of carbonyl (C=O) groups is 2. The van der Waals surface area contributed by atoms with Gasteiger partial charge in [0, 0.05) is 13.8 Å². The summed E-state index contributed by atoms with van der Waals surface area (Å²) < 4.78 is 11.4. The van der Waals surface area contributed by atoms with Gasteiger partial charge in [-0.25, -0.2) is 10.0 Å². The third kappa shape index (κ3) is 2.96. The average molecular weight is 382 g/mol. The molecule has 3 heterocycles. The van der Waals surface area contributed by atoms with Crippen LogP contribution < -0.4 is 5.30 Å². The number of benzene rings is 1. The van der Waals surface area contributed by atoms with Crippen molar-refractivity contribution in [2.75, 3.05) is 0 Å². The van der Waals surface area contributed by atoms with Gasteiger partial charge in [0.15, 0.2) is 0 Å². The van der Waals surface area contributed by atoms with E-state index in [4.69, 9.17) is 8.83 Å². The van der Waals surface area contributed by atoms with Gasteiger partial charge in [-0.3, -0.25) is 9.59 Å². The van der Waals surface area contributed by atoms with Crippen molar-refractivity contribution in [3.63, 3.8) is 0 Å². The molecular formula is C20H19N2O4P. The molecule has 1 fully saturated rings. The summed E-state index contributed by atoms with van der Waals surface area (Å²) in [6.45, 7) is 2.93. The van der Waals surface area contributed by atoms with Crippen LogP contribution in [0.15, 0.2) is 76.0 Å². The van der Waals surface area contributed by atoms with Crippen LogP contribution in [0.1, 0.15) is 36.9 Å². The Bertz CT molecular complexity index is 866. The van der Waals surface area contributed by atoms with Crippen molar-refractivity contribution in [3.8, 4) is 0 Å². The molecule has 2 atom stereocenters. The Balaban J connectivity index is 1.96. The van der Waals surface area contributed by atoms with Gasteiger partial charge in [-0.05, 0) is 37.5 Å². The highest BCUT2D eigenvalue weighted by molar-refractivity contribution is 7.66. The fourth-order valence-corrected chi connectivity index (χ4v) is 6.74. The van der Waals surface area contributed by atoms with Crippen LogP contribution >= 0.6 is 7.92 Å². The molecule has 138 valence electrons. The molecule has 1 aliphatic heterocycles.